The summed E-state index contributed by atoms with van der Waals surface area (Å²) in [5.41, 5.74) is 1.08. The van der Waals surface area contributed by atoms with E-state index in [1.807, 2.05) is 12.1 Å². The number of alkyl halides is 3. The maximum Gasteiger partial charge on any atom is 0.490 e. The van der Waals surface area contributed by atoms with Crippen molar-refractivity contribution in [1.29, 1.82) is 0 Å². The molecule has 0 radical (unpaired) electrons. The molecule has 2 saturated heterocycles. The predicted octanol–water partition coefficient (Wildman–Crippen LogP) is 2.27. The number of carboxylic acids is 1. The first kappa shape index (κ1) is 32.5. The van der Waals surface area contributed by atoms with Gasteiger partial charge in [0.1, 0.15) is 0 Å². The molecule has 0 spiro atoms. The van der Waals surface area contributed by atoms with Gasteiger partial charge in [-0.2, -0.15) is 17.5 Å². The summed E-state index contributed by atoms with van der Waals surface area (Å²) in [7, 11) is -3.73. The third kappa shape index (κ3) is 10.1. The zero-order chi connectivity index (χ0) is 29.2. The first-order valence-electron chi connectivity index (χ1n) is 12.9. The van der Waals surface area contributed by atoms with E-state index in [0.29, 0.717) is 38.4 Å². The second-order valence-electron chi connectivity index (χ2n) is 9.65. The van der Waals surface area contributed by atoms with E-state index in [1.54, 1.807) is 21.9 Å². The fourth-order valence-corrected chi connectivity index (χ4v) is 5.68. The quantitative estimate of drug-likeness (QED) is 0.436. The van der Waals surface area contributed by atoms with Crippen molar-refractivity contribution in [3.63, 3.8) is 0 Å². The lowest BCUT2D eigenvalue weighted by Gasteiger charge is -2.29. The molecule has 14 heteroatoms. The lowest BCUT2D eigenvalue weighted by molar-refractivity contribution is -0.192. The number of rotatable bonds is 10. The molecule has 0 unspecified atom stereocenters. The molecule has 0 aromatic heterocycles. The van der Waals surface area contributed by atoms with E-state index >= 15 is 0 Å². The summed E-state index contributed by atoms with van der Waals surface area (Å²) in [6, 6.07) is 7.01. The number of carbonyl (C=O) groups excluding carboxylic acids is 2. The maximum atomic E-state index is 13.4. The van der Waals surface area contributed by atoms with Crippen LogP contribution in [-0.2, 0) is 24.4 Å². The van der Waals surface area contributed by atoms with E-state index in [2.05, 4.69) is 19.2 Å². The molecular weight excluding hydrogens is 541 g/mol. The topological polar surface area (TPSA) is 127 Å². The Morgan fingerprint density at radius 3 is 2.15 bits per heavy atom. The van der Waals surface area contributed by atoms with E-state index in [0.717, 1.165) is 31.6 Å². The fraction of sp³-hybridized carbons (Fsp3) is 0.640. The number of halogens is 3. The molecular formula is C25H37F3N4O6S. The Kier molecular flexibility index (Phi) is 12.2. The Hall–Kier alpha value is -2.71. The number of amides is 2. The van der Waals surface area contributed by atoms with Gasteiger partial charge in [-0.15, -0.1) is 0 Å². The molecule has 2 fully saturated rings. The van der Waals surface area contributed by atoms with Gasteiger partial charge in [0.15, 0.2) is 0 Å². The highest BCUT2D eigenvalue weighted by atomic mass is 32.2. The van der Waals surface area contributed by atoms with Crippen LogP contribution in [0.25, 0.3) is 0 Å². The molecule has 2 aliphatic rings. The van der Waals surface area contributed by atoms with Gasteiger partial charge in [0.25, 0.3) is 0 Å². The molecule has 0 aliphatic carbocycles. The summed E-state index contributed by atoms with van der Waals surface area (Å²) >= 11 is 0. The number of benzene rings is 1. The number of piperazine rings is 1. The minimum absolute atomic E-state index is 0.0171. The first-order chi connectivity index (χ1) is 18.2. The number of nitrogens with zero attached hydrogens (tertiary/aromatic N) is 3. The normalized spacial score (nSPS) is 16.4. The second kappa shape index (κ2) is 14.6. The molecule has 39 heavy (non-hydrogen) atoms. The van der Waals surface area contributed by atoms with Crippen molar-refractivity contribution >= 4 is 27.8 Å². The third-order valence-corrected chi connectivity index (χ3v) is 8.39. The highest BCUT2D eigenvalue weighted by Gasteiger charge is 2.38. The minimum Gasteiger partial charge on any atom is -0.475 e. The van der Waals surface area contributed by atoms with E-state index in [4.69, 9.17) is 9.90 Å². The molecule has 220 valence electrons. The number of likely N-dealkylation sites (tertiary alicyclic amines) is 1. The van der Waals surface area contributed by atoms with Crippen LogP contribution in [0.3, 0.4) is 0 Å². The Bertz CT molecular complexity index is 1070. The second-order valence-corrected chi connectivity index (χ2v) is 11.6. The van der Waals surface area contributed by atoms with E-state index in [1.165, 1.54) is 4.31 Å². The Labute approximate surface area is 227 Å². The van der Waals surface area contributed by atoms with Crippen LogP contribution in [-0.4, -0.2) is 104 Å². The SMILES string of the molecule is CC(C)c1ccc(S(=O)(=O)N(CCCN2CCCC2=O)CCC(=O)N2CCNCC2)cc1.O=C(O)C(F)(F)F. The van der Waals surface area contributed by atoms with Crippen LogP contribution < -0.4 is 5.32 Å². The zero-order valence-corrected chi connectivity index (χ0v) is 23.1. The van der Waals surface area contributed by atoms with E-state index in [-0.39, 0.29) is 36.2 Å². The van der Waals surface area contributed by atoms with Crippen LogP contribution in [0.2, 0.25) is 0 Å². The molecule has 1 aromatic carbocycles. The first-order valence-corrected chi connectivity index (χ1v) is 14.3. The monoisotopic (exact) mass is 578 g/mol. The zero-order valence-electron chi connectivity index (χ0n) is 22.2. The van der Waals surface area contributed by atoms with Crippen molar-refractivity contribution in [3.8, 4) is 0 Å². The van der Waals surface area contributed by atoms with Crippen LogP contribution in [0.4, 0.5) is 13.2 Å². The summed E-state index contributed by atoms with van der Waals surface area (Å²) in [6.07, 6.45) is -2.94. The van der Waals surface area contributed by atoms with Crippen molar-refractivity contribution in [2.45, 2.75) is 56.5 Å². The van der Waals surface area contributed by atoms with Crippen LogP contribution in [0.1, 0.15) is 51.0 Å². The highest BCUT2D eigenvalue weighted by Crippen LogP contribution is 2.21. The average Bonchev–Trinajstić information content (AvgIpc) is 3.30. The predicted molar refractivity (Wildman–Crippen MR) is 137 cm³/mol. The molecule has 10 nitrogen and oxygen atoms in total. The van der Waals surface area contributed by atoms with Gasteiger partial charge in [-0.25, -0.2) is 13.2 Å². The van der Waals surface area contributed by atoms with Crippen LogP contribution in [0.5, 0.6) is 0 Å². The van der Waals surface area contributed by atoms with Gasteiger partial charge in [0.2, 0.25) is 21.8 Å². The summed E-state index contributed by atoms with van der Waals surface area (Å²) in [5.74, 6) is -2.32. The summed E-state index contributed by atoms with van der Waals surface area (Å²) in [5, 5.41) is 10.3. The highest BCUT2D eigenvalue weighted by molar-refractivity contribution is 7.89. The maximum absolute atomic E-state index is 13.4. The number of carbonyl (C=O) groups is 3. The Balaban J connectivity index is 0.000000673. The van der Waals surface area contributed by atoms with Crippen molar-refractivity contribution in [2.24, 2.45) is 0 Å². The molecule has 3 rings (SSSR count). The summed E-state index contributed by atoms with van der Waals surface area (Å²) in [4.78, 5) is 37.3. The van der Waals surface area contributed by atoms with Crippen molar-refractivity contribution in [3.05, 3.63) is 29.8 Å². The molecule has 0 saturated carbocycles. The molecule has 2 heterocycles. The number of nitrogens with one attached hydrogen (secondary N) is 1. The van der Waals surface area contributed by atoms with Gasteiger partial charge in [0, 0.05) is 65.2 Å². The van der Waals surface area contributed by atoms with Crippen LogP contribution >= 0.6 is 0 Å². The lowest BCUT2D eigenvalue weighted by Crippen LogP contribution is -2.47. The molecule has 0 atom stereocenters. The molecule has 2 aliphatic heterocycles. The standard InChI is InChI=1S/C23H36N4O4S.C2HF3O2/c1-19(2)20-6-8-21(9-7-20)32(30,31)27(15-4-14-25-13-3-5-22(25)28)16-10-23(29)26-17-11-24-12-18-26;3-2(4,5)1(6)7/h6-9,19,24H,3-5,10-18H2,1-2H3;(H,6,7). The average molecular weight is 579 g/mol. The molecule has 1 aromatic rings. The molecule has 2 amide bonds. The van der Waals surface area contributed by atoms with Crippen molar-refractivity contribution in [2.75, 3.05) is 52.4 Å². The van der Waals surface area contributed by atoms with Crippen LogP contribution in [0, 0.1) is 0 Å². The van der Waals surface area contributed by atoms with Gasteiger partial charge in [-0.05, 0) is 36.5 Å². The summed E-state index contributed by atoms with van der Waals surface area (Å²) in [6.45, 7) is 8.68. The Morgan fingerprint density at radius 2 is 1.67 bits per heavy atom. The number of aliphatic carboxylic acids is 1. The Morgan fingerprint density at radius 1 is 1.08 bits per heavy atom. The van der Waals surface area contributed by atoms with Crippen LogP contribution in [0.15, 0.2) is 29.2 Å². The van der Waals surface area contributed by atoms with E-state index in [9.17, 15) is 31.2 Å². The van der Waals surface area contributed by atoms with Gasteiger partial charge in [0.05, 0.1) is 4.90 Å². The fourth-order valence-electron chi connectivity index (χ4n) is 4.20. The largest absolute Gasteiger partial charge is 0.490 e. The van der Waals surface area contributed by atoms with Crippen molar-refractivity contribution in [1.82, 2.24) is 19.4 Å². The summed E-state index contributed by atoms with van der Waals surface area (Å²) < 4.78 is 60.0. The number of hydrogen-bond donors (Lipinski definition) is 2. The van der Waals surface area contributed by atoms with Gasteiger partial charge < -0.3 is 20.2 Å². The third-order valence-electron chi connectivity index (χ3n) is 6.48. The smallest absolute Gasteiger partial charge is 0.475 e. The van der Waals surface area contributed by atoms with Gasteiger partial charge in [-0.1, -0.05) is 26.0 Å². The minimum atomic E-state index is -5.08. The lowest BCUT2D eigenvalue weighted by atomic mass is 10.0. The van der Waals surface area contributed by atoms with Gasteiger partial charge in [-0.3, -0.25) is 9.59 Å². The van der Waals surface area contributed by atoms with E-state index < -0.39 is 22.2 Å². The number of hydrogen-bond acceptors (Lipinski definition) is 6. The molecule has 2 N–H and O–H groups in total. The molecule has 0 bridgehead atoms. The number of sulfonamides is 1. The van der Waals surface area contributed by atoms with Gasteiger partial charge >= 0.3 is 12.1 Å². The number of carboxylic acid groups (broad SMARTS) is 1. The van der Waals surface area contributed by atoms with Crippen molar-refractivity contribution < 1.29 is 41.1 Å².